The van der Waals surface area contributed by atoms with E-state index in [0.29, 0.717) is 22.4 Å². The van der Waals surface area contributed by atoms with Crippen LogP contribution in [0.25, 0.3) is 11.1 Å². The first kappa shape index (κ1) is 10.5. The van der Waals surface area contributed by atoms with E-state index >= 15 is 0 Å². The summed E-state index contributed by atoms with van der Waals surface area (Å²) < 4.78 is 5.55. The zero-order valence-electron chi connectivity index (χ0n) is 8.70. The van der Waals surface area contributed by atoms with Crippen LogP contribution in [0.1, 0.15) is 25.8 Å². The van der Waals surface area contributed by atoms with Crippen molar-refractivity contribution in [2.75, 3.05) is 0 Å². The maximum Gasteiger partial charge on any atom is 0.212 e. The SMILES string of the molecule is CC(C)C(N)c1nc2ccc(Cl)cc2o1. The number of halogens is 1. The van der Waals surface area contributed by atoms with Crippen molar-refractivity contribution in [1.29, 1.82) is 0 Å². The van der Waals surface area contributed by atoms with Crippen LogP contribution in [0.5, 0.6) is 0 Å². The molecule has 0 radical (unpaired) electrons. The van der Waals surface area contributed by atoms with Crippen molar-refractivity contribution in [3.05, 3.63) is 29.1 Å². The zero-order chi connectivity index (χ0) is 11.0. The fourth-order valence-corrected chi connectivity index (χ4v) is 1.51. The molecular formula is C11H13ClN2O. The lowest BCUT2D eigenvalue weighted by Crippen LogP contribution is -2.16. The van der Waals surface area contributed by atoms with Gasteiger partial charge in [0.1, 0.15) is 5.52 Å². The Balaban J connectivity index is 2.47. The maximum atomic E-state index is 5.95. The van der Waals surface area contributed by atoms with Crippen LogP contribution in [0.3, 0.4) is 0 Å². The molecule has 2 aromatic rings. The van der Waals surface area contributed by atoms with Gasteiger partial charge >= 0.3 is 0 Å². The first-order valence-corrected chi connectivity index (χ1v) is 5.27. The van der Waals surface area contributed by atoms with Gasteiger partial charge in [-0.3, -0.25) is 0 Å². The Labute approximate surface area is 93.2 Å². The Morgan fingerprint density at radius 2 is 2.13 bits per heavy atom. The number of nitrogens with two attached hydrogens (primary N) is 1. The number of benzene rings is 1. The van der Waals surface area contributed by atoms with Gasteiger partial charge in [-0.15, -0.1) is 0 Å². The summed E-state index contributed by atoms with van der Waals surface area (Å²) in [6.07, 6.45) is 0. The summed E-state index contributed by atoms with van der Waals surface area (Å²) in [4.78, 5) is 4.32. The number of hydrogen-bond donors (Lipinski definition) is 1. The molecule has 0 aliphatic heterocycles. The van der Waals surface area contributed by atoms with E-state index < -0.39 is 0 Å². The molecule has 0 saturated carbocycles. The minimum Gasteiger partial charge on any atom is -0.439 e. The summed E-state index contributed by atoms with van der Waals surface area (Å²) in [5, 5.41) is 0.642. The third-order valence-electron chi connectivity index (χ3n) is 2.37. The first-order valence-electron chi connectivity index (χ1n) is 4.89. The van der Waals surface area contributed by atoms with Crippen molar-refractivity contribution in [3.63, 3.8) is 0 Å². The van der Waals surface area contributed by atoms with Crippen molar-refractivity contribution in [2.45, 2.75) is 19.9 Å². The molecule has 1 atom stereocenters. The van der Waals surface area contributed by atoms with Gasteiger partial charge in [-0.25, -0.2) is 4.98 Å². The fourth-order valence-electron chi connectivity index (χ4n) is 1.34. The van der Waals surface area contributed by atoms with Gasteiger partial charge in [-0.2, -0.15) is 0 Å². The van der Waals surface area contributed by atoms with E-state index in [1.54, 1.807) is 12.1 Å². The van der Waals surface area contributed by atoms with Gasteiger partial charge in [-0.1, -0.05) is 25.4 Å². The summed E-state index contributed by atoms with van der Waals surface area (Å²) in [6.45, 7) is 4.07. The average Bonchev–Trinajstić information content (AvgIpc) is 2.58. The first-order chi connectivity index (χ1) is 7.08. The number of rotatable bonds is 2. The molecule has 3 nitrogen and oxygen atoms in total. The van der Waals surface area contributed by atoms with Crippen molar-refractivity contribution in [3.8, 4) is 0 Å². The van der Waals surface area contributed by atoms with E-state index in [-0.39, 0.29) is 6.04 Å². The van der Waals surface area contributed by atoms with E-state index in [9.17, 15) is 0 Å². The van der Waals surface area contributed by atoms with Crippen molar-refractivity contribution >= 4 is 22.7 Å². The van der Waals surface area contributed by atoms with Crippen LogP contribution in [-0.2, 0) is 0 Å². The van der Waals surface area contributed by atoms with Crippen LogP contribution < -0.4 is 5.73 Å². The van der Waals surface area contributed by atoms with E-state index in [0.717, 1.165) is 5.52 Å². The van der Waals surface area contributed by atoms with Gasteiger partial charge in [0.25, 0.3) is 0 Å². The molecule has 0 bridgehead atoms. The molecule has 1 unspecified atom stereocenters. The van der Waals surface area contributed by atoms with E-state index in [1.807, 2.05) is 19.9 Å². The highest BCUT2D eigenvalue weighted by molar-refractivity contribution is 6.31. The number of hydrogen-bond acceptors (Lipinski definition) is 3. The molecule has 15 heavy (non-hydrogen) atoms. The van der Waals surface area contributed by atoms with Crippen LogP contribution >= 0.6 is 11.6 Å². The summed E-state index contributed by atoms with van der Waals surface area (Å²) in [6, 6.07) is 5.20. The Bertz CT molecular complexity index is 478. The molecule has 1 heterocycles. The average molecular weight is 225 g/mol. The number of nitrogens with zero attached hydrogens (tertiary/aromatic N) is 1. The molecule has 80 valence electrons. The van der Waals surface area contributed by atoms with Crippen LogP contribution in [0.15, 0.2) is 22.6 Å². The zero-order valence-corrected chi connectivity index (χ0v) is 9.45. The molecule has 1 aromatic carbocycles. The van der Waals surface area contributed by atoms with Gasteiger partial charge in [0.2, 0.25) is 5.89 Å². The summed E-state index contributed by atoms with van der Waals surface area (Å²) in [5.74, 6) is 0.871. The highest BCUT2D eigenvalue weighted by atomic mass is 35.5. The normalized spacial score (nSPS) is 13.7. The lowest BCUT2D eigenvalue weighted by atomic mass is 10.1. The molecule has 2 N–H and O–H groups in total. The standard InChI is InChI=1S/C11H13ClN2O/c1-6(2)10(13)11-14-8-4-3-7(12)5-9(8)15-11/h3-6,10H,13H2,1-2H3. The monoisotopic (exact) mass is 224 g/mol. The Morgan fingerprint density at radius 1 is 1.40 bits per heavy atom. The molecule has 0 saturated heterocycles. The topological polar surface area (TPSA) is 52.0 Å². The third-order valence-corrected chi connectivity index (χ3v) is 2.61. The predicted molar refractivity (Wildman–Crippen MR) is 60.8 cm³/mol. The predicted octanol–water partition coefficient (Wildman–Crippen LogP) is 3.14. The lowest BCUT2D eigenvalue weighted by molar-refractivity contribution is 0.403. The highest BCUT2D eigenvalue weighted by Gasteiger charge is 2.17. The molecular weight excluding hydrogens is 212 g/mol. The minimum atomic E-state index is -0.170. The van der Waals surface area contributed by atoms with Crippen molar-refractivity contribution in [2.24, 2.45) is 11.7 Å². The fraction of sp³-hybridized carbons (Fsp3) is 0.364. The van der Waals surface area contributed by atoms with Gasteiger partial charge in [0.05, 0.1) is 6.04 Å². The van der Waals surface area contributed by atoms with Crippen LogP contribution in [0, 0.1) is 5.92 Å². The van der Waals surface area contributed by atoms with Gasteiger partial charge in [0, 0.05) is 11.1 Å². The third kappa shape index (κ3) is 1.98. The Hall–Kier alpha value is -1.06. The second-order valence-corrected chi connectivity index (χ2v) is 4.37. The highest BCUT2D eigenvalue weighted by Crippen LogP contribution is 2.25. The molecule has 1 aromatic heterocycles. The van der Waals surface area contributed by atoms with Gasteiger partial charge in [0.15, 0.2) is 5.58 Å². The number of aromatic nitrogens is 1. The summed E-state index contributed by atoms with van der Waals surface area (Å²) in [5.41, 5.74) is 7.44. The van der Waals surface area contributed by atoms with Crippen LogP contribution in [0.2, 0.25) is 5.02 Å². The molecule has 0 amide bonds. The van der Waals surface area contributed by atoms with Gasteiger partial charge < -0.3 is 10.2 Å². The molecule has 2 rings (SSSR count). The molecule has 0 aliphatic carbocycles. The molecule has 0 spiro atoms. The number of oxazole rings is 1. The van der Waals surface area contributed by atoms with Crippen molar-refractivity contribution < 1.29 is 4.42 Å². The second-order valence-electron chi connectivity index (χ2n) is 3.93. The van der Waals surface area contributed by atoms with Crippen LogP contribution in [0.4, 0.5) is 0 Å². The summed E-state index contributed by atoms with van der Waals surface area (Å²) >= 11 is 5.85. The largest absolute Gasteiger partial charge is 0.439 e. The smallest absolute Gasteiger partial charge is 0.212 e. The Morgan fingerprint density at radius 3 is 2.80 bits per heavy atom. The molecule has 0 aliphatic rings. The molecule has 0 fully saturated rings. The lowest BCUT2D eigenvalue weighted by Gasteiger charge is -2.10. The van der Waals surface area contributed by atoms with E-state index in [2.05, 4.69) is 4.98 Å². The second kappa shape index (κ2) is 3.83. The summed E-state index contributed by atoms with van der Waals surface area (Å²) in [7, 11) is 0. The minimum absolute atomic E-state index is 0.170. The quantitative estimate of drug-likeness (QED) is 0.853. The van der Waals surface area contributed by atoms with E-state index in [1.165, 1.54) is 0 Å². The van der Waals surface area contributed by atoms with Crippen LogP contribution in [-0.4, -0.2) is 4.98 Å². The van der Waals surface area contributed by atoms with E-state index in [4.69, 9.17) is 21.8 Å². The van der Waals surface area contributed by atoms with Crippen molar-refractivity contribution in [1.82, 2.24) is 4.98 Å². The number of fused-ring (bicyclic) bond motifs is 1. The maximum absolute atomic E-state index is 5.95. The van der Waals surface area contributed by atoms with Gasteiger partial charge in [-0.05, 0) is 18.1 Å². The Kier molecular flexibility index (Phi) is 2.67. The molecule has 4 heteroatoms.